The van der Waals surface area contributed by atoms with Crippen molar-refractivity contribution in [1.82, 2.24) is 5.32 Å². The Morgan fingerprint density at radius 2 is 2.20 bits per heavy atom. The van der Waals surface area contributed by atoms with Gasteiger partial charge in [0.2, 0.25) is 0 Å². The molecule has 112 valence electrons. The number of alkyl halides is 3. The summed E-state index contributed by atoms with van der Waals surface area (Å²) in [6, 6.07) is 0. The molecular formula is C11H14F3N3O2S. The van der Waals surface area contributed by atoms with Gasteiger partial charge in [-0.05, 0) is 0 Å². The number of methoxy groups -OCH3 is 1. The van der Waals surface area contributed by atoms with E-state index in [-0.39, 0.29) is 27.9 Å². The number of nitrogens with one attached hydrogen (secondary N) is 2. The third kappa shape index (κ3) is 4.05. The summed E-state index contributed by atoms with van der Waals surface area (Å²) in [7, 11) is 1.27. The van der Waals surface area contributed by atoms with E-state index < -0.39 is 18.6 Å². The zero-order valence-electron chi connectivity index (χ0n) is 10.6. The smallest absolute Gasteiger partial charge is 0.405 e. The number of halogens is 3. The number of thiophene rings is 1. The Labute approximate surface area is 117 Å². The van der Waals surface area contributed by atoms with Crippen LogP contribution in [0, 0.1) is 0 Å². The number of hydrogen-bond donors (Lipinski definition) is 3. The fraction of sp³-hybridized carbons (Fsp3) is 0.364. The van der Waals surface area contributed by atoms with Crippen molar-refractivity contribution in [1.29, 1.82) is 0 Å². The predicted octanol–water partition coefficient (Wildman–Crippen LogP) is 2.23. The Hall–Kier alpha value is -1.90. The number of carbonyl (C=O) groups is 1. The van der Waals surface area contributed by atoms with Crippen LogP contribution in [0.5, 0.6) is 5.75 Å². The maximum Gasteiger partial charge on any atom is 0.405 e. The van der Waals surface area contributed by atoms with Gasteiger partial charge < -0.3 is 21.1 Å². The van der Waals surface area contributed by atoms with Crippen LogP contribution in [0.15, 0.2) is 12.7 Å². The molecule has 1 aromatic heterocycles. The largest absolute Gasteiger partial charge is 0.492 e. The first-order valence-electron chi connectivity index (χ1n) is 5.46. The maximum atomic E-state index is 12.2. The molecule has 20 heavy (non-hydrogen) atoms. The SMILES string of the molecule is C=CCNC(=O)c1sc(NCC(F)(F)F)c(OC)c1N. The van der Waals surface area contributed by atoms with Gasteiger partial charge in [0, 0.05) is 6.54 Å². The molecule has 0 atom stereocenters. The highest BCUT2D eigenvalue weighted by Crippen LogP contribution is 2.42. The van der Waals surface area contributed by atoms with Crippen molar-refractivity contribution >= 4 is 27.9 Å². The van der Waals surface area contributed by atoms with Crippen molar-refractivity contribution in [2.75, 3.05) is 31.2 Å². The molecular weight excluding hydrogens is 295 g/mol. The van der Waals surface area contributed by atoms with Crippen LogP contribution in [0.4, 0.5) is 23.9 Å². The highest BCUT2D eigenvalue weighted by atomic mass is 32.1. The Bertz CT molecular complexity index is 500. The van der Waals surface area contributed by atoms with E-state index in [0.29, 0.717) is 0 Å². The summed E-state index contributed by atoms with van der Waals surface area (Å²) in [6.07, 6.45) is -2.91. The van der Waals surface area contributed by atoms with E-state index in [1.165, 1.54) is 13.2 Å². The summed E-state index contributed by atoms with van der Waals surface area (Å²) < 4.78 is 41.5. The van der Waals surface area contributed by atoms with E-state index >= 15 is 0 Å². The van der Waals surface area contributed by atoms with Crippen LogP contribution in [0.3, 0.4) is 0 Å². The first-order valence-corrected chi connectivity index (χ1v) is 6.27. The van der Waals surface area contributed by atoms with Crippen molar-refractivity contribution in [2.24, 2.45) is 0 Å². The molecule has 1 rings (SSSR count). The highest BCUT2D eigenvalue weighted by Gasteiger charge is 2.29. The summed E-state index contributed by atoms with van der Waals surface area (Å²) in [4.78, 5) is 11.9. The second-order valence-electron chi connectivity index (χ2n) is 3.67. The molecule has 0 fully saturated rings. The van der Waals surface area contributed by atoms with Crippen LogP contribution >= 0.6 is 11.3 Å². The quantitative estimate of drug-likeness (QED) is 0.704. The van der Waals surface area contributed by atoms with Crippen LogP contribution in [0.2, 0.25) is 0 Å². The molecule has 0 saturated carbocycles. The molecule has 0 aliphatic carbocycles. The monoisotopic (exact) mass is 309 g/mol. The number of rotatable bonds is 6. The number of amides is 1. The molecule has 0 aliphatic heterocycles. The summed E-state index contributed by atoms with van der Waals surface area (Å²) in [6.45, 7) is 2.43. The van der Waals surface area contributed by atoms with Gasteiger partial charge in [0.15, 0.2) is 5.75 Å². The van der Waals surface area contributed by atoms with Gasteiger partial charge in [-0.3, -0.25) is 4.79 Å². The topological polar surface area (TPSA) is 76.4 Å². The van der Waals surface area contributed by atoms with Crippen LogP contribution in [-0.2, 0) is 0 Å². The molecule has 1 heterocycles. The first kappa shape index (κ1) is 16.2. The highest BCUT2D eigenvalue weighted by molar-refractivity contribution is 7.19. The second kappa shape index (κ2) is 6.51. The molecule has 0 radical (unpaired) electrons. The minimum atomic E-state index is -4.38. The molecule has 1 amide bonds. The molecule has 0 aliphatic rings. The molecule has 0 bridgehead atoms. The second-order valence-corrected chi connectivity index (χ2v) is 4.70. The summed E-state index contributed by atoms with van der Waals surface area (Å²) in [5, 5.41) is 4.72. The molecule has 5 nitrogen and oxygen atoms in total. The Morgan fingerprint density at radius 3 is 2.70 bits per heavy atom. The van der Waals surface area contributed by atoms with Gasteiger partial charge in [-0.15, -0.1) is 17.9 Å². The van der Waals surface area contributed by atoms with E-state index in [2.05, 4.69) is 17.2 Å². The van der Waals surface area contributed by atoms with Crippen LogP contribution in [-0.4, -0.2) is 32.3 Å². The average molecular weight is 309 g/mol. The third-order valence-corrected chi connectivity index (χ3v) is 3.31. The fourth-order valence-electron chi connectivity index (χ4n) is 1.34. The van der Waals surface area contributed by atoms with E-state index in [1.54, 1.807) is 0 Å². The van der Waals surface area contributed by atoms with Crippen LogP contribution in [0.1, 0.15) is 9.67 Å². The van der Waals surface area contributed by atoms with Gasteiger partial charge in [-0.25, -0.2) is 0 Å². The molecule has 0 aromatic carbocycles. The van der Waals surface area contributed by atoms with Gasteiger partial charge in [0.05, 0.1) is 7.11 Å². The van der Waals surface area contributed by atoms with E-state index in [9.17, 15) is 18.0 Å². The van der Waals surface area contributed by atoms with Crippen molar-refractivity contribution in [3.05, 3.63) is 17.5 Å². The zero-order chi connectivity index (χ0) is 15.3. The minimum absolute atomic E-state index is 0.00346. The van der Waals surface area contributed by atoms with Crippen LogP contribution < -0.4 is 21.1 Å². The molecule has 1 aromatic rings. The van der Waals surface area contributed by atoms with E-state index in [1.807, 2.05) is 0 Å². The standard InChI is InChI=1S/C11H14F3N3O2S/c1-3-4-16-9(18)8-6(15)7(19-2)10(20-8)17-5-11(12,13)14/h3,17H,1,4-5,15H2,2H3,(H,16,18). The summed E-state index contributed by atoms with van der Waals surface area (Å²) in [5.41, 5.74) is 5.71. The zero-order valence-corrected chi connectivity index (χ0v) is 11.5. The third-order valence-electron chi connectivity index (χ3n) is 2.17. The predicted molar refractivity (Wildman–Crippen MR) is 72.4 cm³/mol. The average Bonchev–Trinajstić information content (AvgIpc) is 2.69. The fourth-order valence-corrected chi connectivity index (χ4v) is 2.34. The van der Waals surface area contributed by atoms with E-state index in [4.69, 9.17) is 10.5 Å². The molecule has 0 saturated heterocycles. The lowest BCUT2D eigenvalue weighted by Gasteiger charge is -2.09. The minimum Gasteiger partial charge on any atom is -0.492 e. The molecule has 0 unspecified atom stereocenters. The van der Waals surface area contributed by atoms with Gasteiger partial charge in [0.25, 0.3) is 5.91 Å². The number of nitrogens with two attached hydrogens (primary N) is 1. The Morgan fingerprint density at radius 1 is 1.55 bits per heavy atom. The van der Waals surface area contributed by atoms with Crippen molar-refractivity contribution in [2.45, 2.75) is 6.18 Å². The molecule has 9 heteroatoms. The number of hydrogen-bond acceptors (Lipinski definition) is 5. The lowest BCUT2D eigenvalue weighted by molar-refractivity contribution is -0.115. The van der Waals surface area contributed by atoms with Crippen molar-refractivity contribution in [3.8, 4) is 5.75 Å². The van der Waals surface area contributed by atoms with Gasteiger partial charge in [-0.1, -0.05) is 6.08 Å². The normalized spacial score (nSPS) is 11.0. The number of anilines is 2. The summed E-state index contributed by atoms with van der Waals surface area (Å²) in [5.74, 6) is -0.464. The number of ether oxygens (including phenoxy) is 1. The lowest BCUT2D eigenvalue weighted by Crippen LogP contribution is -2.23. The Kier molecular flexibility index (Phi) is 5.26. The van der Waals surface area contributed by atoms with Gasteiger partial charge in [0.1, 0.15) is 22.1 Å². The summed E-state index contributed by atoms with van der Waals surface area (Å²) >= 11 is 0.802. The lowest BCUT2D eigenvalue weighted by atomic mass is 10.3. The van der Waals surface area contributed by atoms with Gasteiger partial charge in [-0.2, -0.15) is 13.2 Å². The number of carbonyl (C=O) groups excluding carboxylic acids is 1. The number of nitrogen functional groups attached to an aromatic ring is 1. The van der Waals surface area contributed by atoms with E-state index in [0.717, 1.165) is 11.3 Å². The van der Waals surface area contributed by atoms with Crippen LogP contribution in [0.25, 0.3) is 0 Å². The Balaban J connectivity index is 2.96. The van der Waals surface area contributed by atoms with Gasteiger partial charge >= 0.3 is 6.18 Å². The first-order chi connectivity index (χ1) is 9.30. The molecule has 0 spiro atoms. The van der Waals surface area contributed by atoms with Crippen molar-refractivity contribution < 1.29 is 22.7 Å². The molecule has 4 N–H and O–H groups in total. The maximum absolute atomic E-state index is 12.2. The van der Waals surface area contributed by atoms with Crippen molar-refractivity contribution in [3.63, 3.8) is 0 Å².